The summed E-state index contributed by atoms with van der Waals surface area (Å²) < 4.78 is 1.72. The first-order valence-corrected chi connectivity index (χ1v) is 4.86. The largest absolute Gasteiger partial charge is 0.388 e. The van der Waals surface area contributed by atoms with Gasteiger partial charge in [0.15, 0.2) is 0 Å². The summed E-state index contributed by atoms with van der Waals surface area (Å²) in [6.07, 6.45) is 0.138. The van der Waals surface area contributed by atoms with Crippen molar-refractivity contribution in [3.63, 3.8) is 0 Å². The molecule has 2 rings (SSSR count). The molecule has 1 aromatic rings. The first-order valence-electron chi connectivity index (χ1n) is 4.86. The number of nitrogens with zero attached hydrogens (tertiary/aromatic N) is 2. The lowest BCUT2D eigenvalue weighted by molar-refractivity contribution is 0.0572. The van der Waals surface area contributed by atoms with Gasteiger partial charge in [-0.1, -0.05) is 0 Å². The van der Waals surface area contributed by atoms with E-state index in [1.54, 1.807) is 29.9 Å². The molecule has 5 heteroatoms. The monoisotopic (exact) mass is 210 g/mol. The normalized spacial score (nSPS) is 25.9. The minimum absolute atomic E-state index is 0.155. The van der Waals surface area contributed by atoms with Gasteiger partial charge in [-0.05, 0) is 12.1 Å². The van der Waals surface area contributed by atoms with Crippen LogP contribution in [0.3, 0.4) is 0 Å². The highest BCUT2D eigenvalue weighted by Crippen LogP contribution is 2.14. The third-order valence-corrected chi connectivity index (χ3v) is 2.71. The van der Waals surface area contributed by atoms with Gasteiger partial charge in [-0.2, -0.15) is 0 Å². The van der Waals surface area contributed by atoms with Gasteiger partial charge in [0, 0.05) is 26.3 Å². The molecule has 2 N–H and O–H groups in total. The quantitative estimate of drug-likeness (QED) is 0.638. The minimum Gasteiger partial charge on any atom is -0.388 e. The van der Waals surface area contributed by atoms with Gasteiger partial charge in [-0.3, -0.25) is 4.79 Å². The summed E-state index contributed by atoms with van der Waals surface area (Å²) in [7, 11) is 1.79. The van der Waals surface area contributed by atoms with Crippen LogP contribution in [0.4, 0.5) is 0 Å². The molecule has 1 aliphatic heterocycles. The second-order valence-electron chi connectivity index (χ2n) is 3.85. The van der Waals surface area contributed by atoms with Gasteiger partial charge < -0.3 is 19.7 Å². The number of hydrogen-bond donors (Lipinski definition) is 2. The third kappa shape index (κ3) is 1.75. The molecule has 5 nitrogen and oxygen atoms in total. The Balaban J connectivity index is 2.13. The zero-order chi connectivity index (χ0) is 11.0. The molecule has 0 aliphatic carbocycles. The molecule has 1 amide bonds. The fourth-order valence-corrected chi connectivity index (χ4v) is 1.78. The molecule has 1 aliphatic rings. The number of carbonyl (C=O) groups is 1. The van der Waals surface area contributed by atoms with E-state index >= 15 is 0 Å². The smallest absolute Gasteiger partial charge is 0.270 e. The van der Waals surface area contributed by atoms with Crippen molar-refractivity contribution in [2.75, 3.05) is 13.1 Å². The Morgan fingerprint density at radius 3 is 2.47 bits per heavy atom. The molecule has 82 valence electrons. The van der Waals surface area contributed by atoms with E-state index in [4.69, 9.17) is 0 Å². The molecule has 1 fully saturated rings. The summed E-state index contributed by atoms with van der Waals surface area (Å²) in [6.45, 7) is 0.399. The van der Waals surface area contributed by atoms with E-state index in [2.05, 4.69) is 0 Å². The van der Waals surface area contributed by atoms with Crippen molar-refractivity contribution >= 4 is 5.91 Å². The van der Waals surface area contributed by atoms with Gasteiger partial charge in [-0.25, -0.2) is 0 Å². The number of β-amino-alcohol motifs (C(OH)–C–C–N with tert-alkyl or cyclic N) is 2. The van der Waals surface area contributed by atoms with Crippen molar-refractivity contribution in [1.29, 1.82) is 0 Å². The van der Waals surface area contributed by atoms with Crippen molar-refractivity contribution in [2.45, 2.75) is 12.2 Å². The second-order valence-corrected chi connectivity index (χ2v) is 3.85. The summed E-state index contributed by atoms with van der Waals surface area (Å²) in [5.74, 6) is -0.155. The number of aryl methyl sites for hydroxylation is 1. The minimum atomic E-state index is -0.825. The molecule has 1 saturated heterocycles. The van der Waals surface area contributed by atoms with Crippen LogP contribution < -0.4 is 0 Å². The van der Waals surface area contributed by atoms with Gasteiger partial charge >= 0.3 is 0 Å². The molecule has 2 heterocycles. The van der Waals surface area contributed by atoms with Crippen molar-refractivity contribution in [3.05, 3.63) is 24.0 Å². The first-order chi connectivity index (χ1) is 7.09. The number of rotatable bonds is 1. The fourth-order valence-electron chi connectivity index (χ4n) is 1.78. The zero-order valence-corrected chi connectivity index (χ0v) is 8.50. The van der Waals surface area contributed by atoms with Crippen molar-refractivity contribution in [2.24, 2.45) is 7.05 Å². The molecule has 0 aromatic carbocycles. The van der Waals surface area contributed by atoms with Crippen LogP contribution in [0.25, 0.3) is 0 Å². The Kier molecular flexibility index (Phi) is 2.50. The average Bonchev–Trinajstić information content (AvgIpc) is 2.74. The average molecular weight is 210 g/mol. The number of aromatic nitrogens is 1. The van der Waals surface area contributed by atoms with Crippen molar-refractivity contribution < 1.29 is 15.0 Å². The van der Waals surface area contributed by atoms with Gasteiger partial charge in [0.1, 0.15) is 5.69 Å². The van der Waals surface area contributed by atoms with Gasteiger partial charge in [0.25, 0.3) is 5.91 Å². The number of carbonyl (C=O) groups excluding carboxylic acids is 1. The second kappa shape index (κ2) is 3.67. The van der Waals surface area contributed by atoms with Crippen LogP contribution in [0.15, 0.2) is 18.3 Å². The summed E-state index contributed by atoms with van der Waals surface area (Å²) >= 11 is 0. The maximum Gasteiger partial charge on any atom is 0.270 e. The van der Waals surface area contributed by atoms with E-state index in [1.165, 1.54) is 4.90 Å². The van der Waals surface area contributed by atoms with Gasteiger partial charge in [0.05, 0.1) is 12.2 Å². The third-order valence-electron chi connectivity index (χ3n) is 2.71. The molecule has 0 radical (unpaired) electrons. The maximum atomic E-state index is 11.9. The molecule has 2 atom stereocenters. The highest BCUT2D eigenvalue weighted by Gasteiger charge is 2.33. The summed E-state index contributed by atoms with van der Waals surface area (Å²) in [6, 6.07) is 3.51. The van der Waals surface area contributed by atoms with E-state index in [1.807, 2.05) is 0 Å². The summed E-state index contributed by atoms with van der Waals surface area (Å²) in [5, 5.41) is 18.7. The summed E-state index contributed by atoms with van der Waals surface area (Å²) in [4.78, 5) is 13.4. The number of aliphatic hydroxyl groups excluding tert-OH is 2. The molecule has 0 spiro atoms. The topological polar surface area (TPSA) is 65.7 Å². The van der Waals surface area contributed by atoms with E-state index in [9.17, 15) is 15.0 Å². The Hall–Kier alpha value is -1.33. The van der Waals surface area contributed by atoms with Crippen molar-refractivity contribution in [1.82, 2.24) is 9.47 Å². The molecule has 2 unspecified atom stereocenters. The van der Waals surface area contributed by atoms with Crippen LogP contribution in [0, 0.1) is 0 Å². The number of aliphatic hydroxyl groups is 2. The van der Waals surface area contributed by atoms with Gasteiger partial charge in [0.2, 0.25) is 0 Å². The molecule has 15 heavy (non-hydrogen) atoms. The van der Waals surface area contributed by atoms with E-state index in [0.29, 0.717) is 5.69 Å². The predicted octanol–water partition coefficient (Wildman–Crippen LogP) is -0.797. The van der Waals surface area contributed by atoms with E-state index in [-0.39, 0.29) is 19.0 Å². The molecule has 0 bridgehead atoms. The standard InChI is InChI=1S/C10H14N2O3/c1-11-4-2-3-7(11)10(15)12-5-8(13)9(14)6-12/h2-4,8-9,13-14H,5-6H2,1H3. The lowest BCUT2D eigenvalue weighted by Gasteiger charge is -2.15. The van der Waals surface area contributed by atoms with E-state index < -0.39 is 12.2 Å². The van der Waals surface area contributed by atoms with Crippen LogP contribution in [0.1, 0.15) is 10.5 Å². The molecule has 0 saturated carbocycles. The number of hydrogen-bond acceptors (Lipinski definition) is 3. The van der Waals surface area contributed by atoms with Crippen molar-refractivity contribution in [3.8, 4) is 0 Å². The lowest BCUT2D eigenvalue weighted by Crippen LogP contribution is -2.31. The Bertz CT molecular complexity index is 364. The zero-order valence-electron chi connectivity index (χ0n) is 8.50. The predicted molar refractivity (Wildman–Crippen MR) is 53.3 cm³/mol. The highest BCUT2D eigenvalue weighted by molar-refractivity contribution is 5.93. The maximum absolute atomic E-state index is 11.9. The lowest BCUT2D eigenvalue weighted by atomic mass is 10.3. The Morgan fingerprint density at radius 2 is 2.00 bits per heavy atom. The van der Waals surface area contributed by atoms with Crippen LogP contribution >= 0.6 is 0 Å². The number of amides is 1. The SMILES string of the molecule is Cn1cccc1C(=O)N1CC(O)C(O)C1. The van der Waals surface area contributed by atoms with Gasteiger partial charge in [-0.15, -0.1) is 0 Å². The Labute approximate surface area is 87.5 Å². The van der Waals surface area contributed by atoms with Crippen LogP contribution in [0.5, 0.6) is 0 Å². The van der Waals surface area contributed by atoms with Crippen LogP contribution in [-0.2, 0) is 7.05 Å². The van der Waals surface area contributed by atoms with Crippen LogP contribution in [0.2, 0.25) is 0 Å². The highest BCUT2D eigenvalue weighted by atomic mass is 16.3. The Morgan fingerprint density at radius 1 is 1.40 bits per heavy atom. The fraction of sp³-hybridized carbons (Fsp3) is 0.500. The molecular formula is C10H14N2O3. The molecule has 1 aromatic heterocycles. The molecular weight excluding hydrogens is 196 g/mol. The first kappa shape index (κ1) is 10.2. The van der Waals surface area contributed by atoms with E-state index in [0.717, 1.165) is 0 Å². The number of likely N-dealkylation sites (tertiary alicyclic amines) is 1. The van der Waals surface area contributed by atoms with Crippen LogP contribution in [-0.4, -0.2) is 50.9 Å². The summed E-state index contributed by atoms with van der Waals surface area (Å²) in [5.41, 5.74) is 0.566.